The fourth-order valence-corrected chi connectivity index (χ4v) is 2.40. The first-order valence-electron chi connectivity index (χ1n) is 6.03. The molecule has 1 saturated carbocycles. The molecule has 2 unspecified atom stereocenters. The zero-order valence-electron chi connectivity index (χ0n) is 10.1. The van der Waals surface area contributed by atoms with Gasteiger partial charge in [-0.15, -0.1) is 0 Å². The minimum Gasteiger partial charge on any atom is -0.497 e. The molecule has 0 bridgehead atoms. The van der Waals surface area contributed by atoms with Crippen molar-refractivity contribution in [1.29, 1.82) is 0 Å². The highest BCUT2D eigenvalue weighted by atomic mass is 16.5. The molecule has 1 aromatic rings. The van der Waals surface area contributed by atoms with E-state index >= 15 is 0 Å². The van der Waals surface area contributed by atoms with Gasteiger partial charge in [0.2, 0.25) is 0 Å². The minimum atomic E-state index is -0.426. The van der Waals surface area contributed by atoms with E-state index in [2.05, 4.69) is 6.92 Å². The Morgan fingerprint density at radius 3 is 2.62 bits per heavy atom. The first-order chi connectivity index (χ1) is 7.68. The SMILES string of the molecule is CCCC1CC1(O)Cc1ccc(OC)cc1. The van der Waals surface area contributed by atoms with Gasteiger partial charge in [0, 0.05) is 6.42 Å². The van der Waals surface area contributed by atoms with Gasteiger partial charge in [0.15, 0.2) is 0 Å². The first kappa shape index (κ1) is 11.5. The van der Waals surface area contributed by atoms with Crippen LogP contribution in [0.2, 0.25) is 0 Å². The fraction of sp³-hybridized carbons (Fsp3) is 0.571. The van der Waals surface area contributed by atoms with Crippen molar-refractivity contribution in [2.75, 3.05) is 7.11 Å². The molecule has 1 fully saturated rings. The predicted octanol–water partition coefficient (Wildman–Crippen LogP) is 2.79. The molecule has 0 radical (unpaired) electrons. The summed E-state index contributed by atoms with van der Waals surface area (Å²) >= 11 is 0. The van der Waals surface area contributed by atoms with Gasteiger partial charge in [-0.05, 0) is 36.5 Å². The zero-order valence-corrected chi connectivity index (χ0v) is 10.1. The third kappa shape index (κ3) is 2.38. The third-order valence-electron chi connectivity index (χ3n) is 3.51. The lowest BCUT2D eigenvalue weighted by atomic mass is 10.0. The number of hydrogen-bond acceptors (Lipinski definition) is 2. The van der Waals surface area contributed by atoms with E-state index in [-0.39, 0.29) is 0 Å². The second-order valence-electron chi connectivity index (χ2n) is 4.82. The van der Waals surface area contributed by atoms with Gasteiger partial charge in [-0.1, -0.05) is 25.5 Å². The highest BCUT2D eigenvalue weighted by Gasteiger charge is 2.51. The molecule has 0 heterocycles. The molecule has 0 saturated heterocycles. The van der Waals surface area contributed by atoms with E-state index < -0.39 is 5.60 Å². The van der Waals surface area contributed by atoms with E-state index in [4.69, 9.17) is 4.74 Å². The van der Waals surface area contributed by atoms with E-state index in [0.29, 0.717) is 5.92 Å². The van der Waals surface area contributed by atoms with Crippen molar-refractivity contribution in [2.45, 2.75) is 38.2 Å². The molecule has 16 heavy (non-hydrogen) atoms. The number of ether oxygens (including phenoxy) is 1. The van der Waals surface area contributed by atoms with Crippen LogP contribution in [0.3, 0.4) is 0 Å². The molecule has 1 aromatic carbocycles. The molecule has 1 aliphatic rings. The Labute approximate surface area is 97.3 Å². The second-order valence-corrected chi connectivity index (χ2v) is 4.82. The van der Waals surface area contributed by atoms with Gasteiger partial charge in [0.1, 0.15) is 5.75 Å². The summed E-state index contributed by atoms with van der Waals surface area (Å²) in [6.07, 6.45) is 4.05. The van der Waals surface area contributed by atoms with Crippen LogP contribution in [0.1, 0.15) is 31.7 Å². The lowest BCUT2D eigenvalue weighted by Gasteiger charge is -2.10. The molecule has 0 aliphatic heterocycles. The van der Waals surface area contributed by atoms with Crippen molar-refractivity contribution in [3.63, 3.8) is 0 Å². The summed E-state index contributed by atoms with van der Waals surface area (Å²) in [5.41, 5.74) is 0.770. The lowest BCUT2D eigenvalue weighted by molar-refractivity contribution is 0.129. The van der Waals surface area contributed by atoms with Gasteiger partial charge in [0.05, 0.1) is 12.7 Å². The van der Waals surface area contributed by atoms with E-state index in [1.807, 2.05) is 24.3 Å². The summed E-state index contributed by atoms with van der Waals surface area (Å²) in [5, 5.41) is 10.3. The summed E-state index contributed by atoms with van der Waals surface area (Å²) in [4.78, 5) is 0. The van der Waals surface area contributed by atoms with Crippen LogP contribution in [-0.2, 0) is 6.42 Å². The number of rotatable bonds is 5. The molecule has 88 valence electrons. The number of methoxy groups -OCH3 is 1. The van der Waals surface area contributed by atoms with Gasteiger partial charge in [0.25, 0.3) is 0 Å². The third-order valence-corrected chi connectivity index (χ3v) is 3.51. The summed E-state index contributed by atoms with van der Waals surface area (Å²) < 4.78 is 5.11. The molecule has 2 atom stereocenters. The average Bonchev–Trinajstić information content (AvgIpc) is 2.90. The highest BCUT2D eigenvalue weighted by molar-refractivity contribution is 5.29. The van der Waals surface area contributed by atoms with Gasteiger partial charge in [-0.25, -0.2) is 0 Å². The lowest BCUT2D eigenvalue weighted by Crippen LogP contribution is -2.14. The highest BCUT2D eigenvalue weighted by Crippen LogP contribution is 2.48. The maximum Gasteiger partial charge on any atom is 0.118 e. The number of hydrogen-bond donors (Lipinski definition) is 1. The Balaban J connectivity index is 1.94. The number of aliphatic hydroxyl groups is 1. The molecular formula is C14H20O2. The molecule has 0 aromatic heterocycles. The van der Waals surface area contributed by atoms with Crippen LogP contribution in [0.15, 0.2) is 24.3 Å². The molecule has 1 aliphatic carbocycles. The first-order valence-corrected chi connectivity index (χ1v) is 6.03. The van der Waals surface area contributed by atoms with Crippen LogP contribution in [0.4, 0.5) is 0 Å². The van der Waals surface area contributed by atoms with Crippen molar-refractivity contribution < 1.29 is 9.84 Å². The summed E-state index contributed by atoms with van der Waals surface area (Å²) in [6, 6.07) is 7.99. The Hall–Kier alpha value is -1.02. The van der Waals surface area contributed by atoms with Crippen molar-refractivity contribution in [3.05, 3.63) is 29.8 Å². The topological polar surface area (TPSA) is 29.5 Å². The van der Waals surface area contributed by atoms with Gasteiger partial charge in [-0.2, -0.15) is 0 Å². The van der Waals surface area contributed by atoms with E-state index in [1.165, 1.54) is 5.56 Å². The molecule has 1 N–H and O–H groups in total. The molecule has 0 spiro atoms. The molecule has 2 heteroatoms. The van der Waals surface area contributed by atoms with E-state index in [0.717, 1.165) is 31.4 Å². The van der Waals surface area contributed by atoms with Crippen LogP contribution in [-0.4, -0.2) is 17.8 Å². The van der Waals surface area contributed by atoms with Crippen molar-refractivity contribution in [1.82, 2.24) is 0 Å². The Morgan fingerprint density at radius 1 is 1.38 bits per heavy atom. The van der Waals surface area contributed by atoms with Gasteiger partial charge >= 0.3 is 0 Å². The van der Waals surface area contributed by atoms with Crippen LogP contribution in [0, 0.1) is 5.92 Å². The summed E-state index contributed by atoms with van der Waals surface area (Å²) in [7, 11) is 1.67. The fourth-order valence-electron chi connectivity index (χ4n) is 2.40. The van der Waals surface area contributed by atoms with Crippen LogP contribution < -0.4 is 4.74 Å². The van der Waals surface area contributed by atoms with Gasteiger partial charge in [-0.3, -0.25) is 0 Å². The maximum absolute atomic E-state index is 10.3. The van der Waals surface area contributed by atoms with Crippen LogP contribution >= 0.6 is 0 Å². The standard InChI is InChI=1S/C14H20O2/c1-3-4-12-10-14(12,15)9-11-5-7-13(16-2)8-6-11/h5-8,12,15H,3-4,9-10H2,1-2H3. The zero-order chi connectivity index (χ0) is 11.6. The van der Waals surface area contributed by atoms with Gasteiger partial charge < -0.3 is 9.84 Å². The predicted molar refractivity (Wildman–Crippen MR) is 64.7 cm³/mol. The van der Waals surface area contributed by atoms with Crippen molar-refractivity contribution >= 4 is 0 Å². The molecular weight excluding hydrogens is 200 g/mol. The Morgan fingerprint density at radius 2 is 2.06 bits per heavy atom. The van der Waals surface area contributed by atoms with E-state index in [1.54, 1.807) is 7.11 Å². The van der Waals surface area contributed by atoms with Crippen molar-refractivity contribution in [3.8, 4) is 5.75 Å². The number of benzene rings is 1. The van der Waals surface area contributed by atoms with Crippen LogP contribution in [0.25, 0.3) is 0 Å². The largest absolute Gasteiger partial charge is 0.497 e. The normalized spacial score (nSPS) is 27.8. The smallest absolute Gasteiger partial charge is 0.118 e. The summed E-state index contributed by atoms with van der Waals surface area (Å²) in [6.45, 7) is 2.17. The summed E-state index contributed by atoms with van der Waals surface area (Å²) in [5.74, 6) is 1.39. The minimum absolute atomic E-state index is 0.426. The Bertz CT molecular complexity index is 344. The maximum atomic E-state index is 10.3. The monoisotopic (exact) mass is 220 g/mol. The van der Waals surface area contributed by atoms with E-state index in [9.17, 15) is 5.11 Å². The average molecular weight is 220 g/mol. The molecule has 0 amide bonds. The Kier molecular flexibility index (Phi) is 3.20. The van der Waals surface area contributed by atoms with Crippen LogP contribution in [0.5, 0.6) is 5.75 Å². The molecule has 2 nitrogen and oxygen atoms in total. The quantitative estimate of drug-likeness (QED) is 0.826. The second kappa shape index (κ2) is 4.46. The van der Waals surface area contributed by atoms with Crippen molar-refractivity contribution in [2.24, 2.45) is 5.92 Å². The molecule has 2 rings (SSSR count).